The Bertz CT molecular complexity index is 415. The Morgan fingerprint density at radius 1 is 1.53 bits per heavy atom. The molecule has 1 heterocycles. The molecule has 0 aliphatic heterocycles. The summed E-state index contributed by atoms with van der Waals surface area (Å²) in [5.74, 6) is 1.07. The minimum atomic E-state index is 0.504. The lowest BCUT2D eigenvalue weighted by atomic mass is 10.2. The second kappa shape index (κ2) is 6.59. The van der Waals surface area contributed by atoms with Crippen LogP contribution in [0.15, 0.2) is 17.3 Å². The lowest BCUT2D eigenvalue weighted by molar-refractivity contribution is 0.463. The molecule has 5 nitrogen and oxygen atoms in total. The maximum atomic E-state index is 5.80. The van der Waals surface area contributed by atoms with Crippen LogP contribution in [0.4, 0.5) is 0 Å². The van der Waals surface area contributed by atoms with Crippen molar-refractivity contribution in [2.75, 3.05) is 6.54 Å². The Morgan fingerprint density at radius 3 is 2.95 bits per heavy atom. The summed E-state index contributed by atoms with van der Waals surface area (Å²) < 4.78 is 2.09. The Labute approximate surface area is 115 Å². The van der Waals surface area contributed by atoms with E-state index in [0.29, 0.717) is 24.5 Å². The molecule has 0 bridgehead atoms. The number of nitrogens with one attached hydrogen (secondary N) is 1. The highest BCUT2D eigenvalue weighted by atomic mass is 15.3. The standard InChI is InChI=1S/C14H25N5/c1-11(2)9-16-14(15)17-10-12-7-8-19(18-12)13-5-3-4-6-13/h7-8,11,13H,3-6,9-10H2,1-2H3,(H3,15,16,17). The predicted octanol–water partition coefficient (Wildman–Crippen LogP) is 2.06. The molecule has 3 N–H and O–H groups in total. The molecule has 0 aromatic carbocycles. The van der Waals surface area contributed by atoms with Crippen LogP contribution in [-0.2, 0) is 6.54 Å². The highest BCUT2D eigenvalue weighted by Gasteiger charge is 2.17. The number of hydrogen-bond donors (Lipinski definition) is 2. The molecule has 19 heavy (non-hydrogen) atoms. The Balaban J connectivity index is 1.84. The van der Waals surface area contributed by atoms with Gasteiger partial charge >= 0.3 is 0 Å². The molecule has 0 saturated heterocycles. The van der Waals surface area contributed by atoms with Gasteiger partial charge in [0.2, 0.25) is 0 Å². The maximum Gasteiger partial charge on any atom is 0.188 e. The molecule has 1 saturated carbocycles. The monoisotopic (exact) mass is 263 g/mol. The van der Waals surface area contributed by atoms with Gasteiger partial charge in [-0.25, -0.2) is 4.99 Å². The van der Waals surface area contributed by atoms with E-state index < -0.39 is 0 Å². The maximum absolute atomic E-state index is 5.80. The molecule has 1 fully saturated rings. The molecular formula is C14H25N5. The Hall–Kier alpha value is -1.52. The molecule has 1 aromatic rings. The fraction of sp³-hybridized carbons (Fsp3) is 0.714. The Kier molecular flexibility index (Phi) is 4.82. The summed E-state index contributed by atoms with van der Waals surface area (Å²) in [5, 5.41) is 7.69. The largest absolute Gasteiger partial charge is 0.370 e. The van der Waals surface area contributed by atoms with E-state index in [9.17, 15) is 0 Å². The van der Waals surface area contributed by atoms with Gasteiger partial charge in [-0.05, 0) is 24.8 Å². The molecule has 106 valence electrons. The van der Waals surface area contributed by atoms with Crippen LogP contribution in [-0.4, -0.2) is 22.3 Å². The Morgan fingerprint density at radius 2 is 2.26 bits per heavy atom. The number of hydrogen-bond acceptors (Lipinski definition) is 2. The van der Waals surface area contributed by atoms with Gasteiger partial charge in [0.1, 0.15) is 0 Å². The fourth-order valence-electron chi connectivity index (χ4n) is 2.36. The number of aliphatic imine (C=N–C) groups is 1. The summed E-state index contributed by atoms with van der Waals surface area (Å²) in [4.78, 5) is 4.31. The van der Waals surface area contributed by atoms with E-state index in [1.165, 1.54) is 25.7 Å². The molecular weight excluding hydrogens is 238 g/mol. The molecule has 1 aliphatic rings. The SMILES string of the molecule is CC(C)CNC(N)=NCc1ccn(C2CCCC2)n1. The number of aromatic nitrogens is 2. The summed E-state index contributed by atoms with van der Waals surface area (Å²) in [6, 6.07) is 2.63. The zero-order valence-corrected chi connectivity index (χ0v) is 12.0. The first-order chi connectivity index (χ1) is 9.15. The van der Waals surface area contributed by atoms with Gasteiger partial charge in [-0.2, -0.15) is 5.10 Å². The van der Waals surface area contributed by atoms with E-state index in [0.717, 1.165) is 12.2 Å². The normalized spacial score (nSPS) is 17.3. The van der Waals surface area contributed by atoms with Crippen LogP contribution >= 0.6 is 0 Å². The zero-order valence-electron chi connectivity index (χ0n) is 12.0. The fourth-order valence-corrected chi connectivity index (χ4v) is 2.36. The van der Waals surface area contributed by atoms with E-state index in [-0.39, 0.29) is 0 Å². The van der Waals surface area contributed by atoms with E-state index in [1.54, 1.807) is 0 Å². The molecule has 0 unspecified atom stereocenters. The lowest BCUT2D eigenvalue weighted by Crippen LogP contribution is -2.34. The molecule has 0 amide bonds. The average molecular weight is 263 g/mol. The van der Waals surface area contributed by atoms with Gasteiger partial charge in [0.15, 0.2) is 5.96 Å². The van der Waals surface area contributed by atoms with E-state index in [4.69, 9.17) is 5.73 Å². The number of nitrogens with zero attached hydrogens (tertiary/aromatic N) is 3. The summed E-state index contributed by atoms with van der Waals surface area (Å²) in [7, 11) is 0. The van der Waals surface area contributed by atoms with Gasteiger partial charge in [0.05, 0.1) is 18.3 Å². The lowest BCUT2D eigenvalue weighted by Gasteiger charge is -2.09. The predicted molar refractivity (Wildman–Crippen MR) is 77.9 cm³/mol. The zero-order chi connectivity index (χ0) is 13.7. The summed E-state index contributed by atoms with van der Waals surface area (Å²) >= 11 is 0. The third-order valence-electron chi connectivity index (χ3n) is 3.47. The summed E-state index contributed by atoms with van der Waals surface area (Å²) in [6.45, 7) is 5.69. The van der Waals surface area contributed by atoms with Gasteiger partial charge in [-0.3, -0.25) is 4.68 Å². The van der Waals surface area contributed by atoms with Crippen molar-refractivity contribution >= 4 is 5.96 Å². The van der Waals surface area contributed by atoms with Gasteiger partial charge in [0.25, 0.3) is 0 Å². The van der Waals surface area contributed by atoms with Crippen LogP contribution in [0.5, 0.6) is 0 Å². The molecule has 1 aliphatic carbocycles. The average Bonchev–Trinajstić information content (AvgIpc) is 3.03. The van der Waals surface area contributed by atoms with Crippen LogP contribution in [0.1, 0.15) is 51.3 Å². The number of guanidine groups is 1. The molecule has 5 heteroatoms. The molecule has 2 rings (SSSR count). The third-order valence-corrected chi connectivity index (χ3v) is 3.47. The first-order valence-corrected chi connectivity index (χ1v) is 7.23. The summed E-state index contributed by atoms with van der Waals surface area (Å²) in [5.41, 5.74) is 6.79. The molecule has 1 aromatic heterocycles. The van der Waals surface area contributed by atoms with Crippen LogP contribution in [0, 0.1) is 5.92 Å². The highest BCUT2D eigenvalue weighted by molar-refractivity contribution is 5.77. The minimum absolute atomic E-state index is 0.504. The van der Waals surface area contributed by atoms with E-state index in [1.807, 2.05) is 6.07 Å². The van der Waals surface area contributed by atoms with Crippen molar-refractivity contribution in [2.24, 2.45) is 16.6 Å². The molecule has 0 radical (unpaired) electrons. The van der Waals surface area contributed by atoms with E-state index in [2.05, 4.69) is 40.1 Å². The first-order valence-electron chi connectivity index (χ1n) is 7.23. The topological polar surface area (TPSA) is 68.2 Å². The van der Waals surface area contributed by atoms with Gasteiger partial charge < -0.3 is 11.1 Å². The van der Waals surface area contributed by atoms with E-state index >= 15 is 0 Å². The van der Waals surface area contributed by atoms with Gasteiger partial charge in [-0.1, -0.05) is 26.7 Å². The van der Waals surface area contributed by atoms with Gasteiger partial charge in [0, 0.05) is 12.7 Å². The second-order valence-electron chi connectivity index (χ2n) is 5.70. The second-order valence-corrected chi connectivity index (χ2v) is 5.70. The molecule has 0 atom stereocenters. The quantitative estimate of drug-likeness (QED) is 0.631. The van der Waals surface area contributed by atoms with Crippen molar-refractivity contribution in [2.45, 2.75) is 52.1 Å². The van der Waals surface area contributed by atoms with Crippen molar-refractivity contribution in [1.82, 2.24) is 15.1 Å². The number of nitrogens with two attached hydrogens (primary N) is 1. The van der Waals surface area contributed by atoms with Gasteiger partial charge in [-0.15, -0.1) is 0 Å². The van der Waals surface area contributed by atoms with Crippen molar-refractivity contribution in [3.63, 3.8) is 0 Å². The van der Waals surface area contributed by atoms with Crippen LogP contribution in [0.25, 0.3) is 0 Å². The van der Waals surface area contributed by atoms with Crippen molar-refractivity contribution in [3.8, 4) is 0 Å². The minimum Gasteiger partial charge on any atom is -0.370 e. The van der Waals surface area contributed by atoms with Crippen molar-refractivity contribution in [3.05, 3.63) is 18.0 Å². The third kappa shape index (κ3) is 4.26. The smallest absolute Gasteiger partial charge is 0.188 e. The van der Waals surface area contributed by atoms with Crippen LogP contribution in [0.3, 0.4) is 0 Å². The first kappa shape index (κ1) is 13.9. The van der Waals surface area contributed by atoms with Crippen molar-refractivity contribution < 1.29 is 0 Å². The number of rotatable bonds is 5. The highest BCUT2D eigenvalue weighted by Crippen LogP contribution is 2.28. The molecule has 0 spiro atoms. The van der Waals surface area contributed by atoms with Crippen molar-refractivity contribution in [1.29, 1.82) is 0 Å². The summed E-state index contributed by atoms with van der Waals surface area (Å²) in [6.07, 6.45) is 7.22. The van der Waals surface area contributed by atoms with Crippen LogP contribution < -0.4 is 11.1 Å². The van der Waals surface area contributed by atoms with Crippen LogP contribution in [0.2, 0.25) is 0 Å².